The summed E-state index contributed by atoms with van der Waals surface area (Å²) in [5, 5.41) is 27.4. The van der Waals surface area contributed by atoms with Crippen molar-refractivity contribution in [1.29, 1.82) is 5.26 Å². The molecule has 2 N–H and O–H groups in total. The van der Waals surface area contributed by atoms with Crippen molar-refractivity contribution in [2.75, 3.05) is 0 Å². The normalized spacial score (nSPS) is 10.7. The number of nitriles is 1. The van der Waals surface area contributed by atoms with Gasteiger partial charge in [0.25, 0.3) is 0 Å². The molecule has 0 amide bonds. The summed E-state index contributed by atoms with van der Waals surface area (Å²) in [6, 6.07) is 5.13. The standard InChI is InChI=1S/C5H5BNO2S/c7-4-5-2-1-3-10(5)6(8)9/h1-3,8-9H/q+1. The zero-order chi connectivity index (χ0) is 7.56. The summed E-state index contributed by atoms with van der Waals surface area (Å²) in [5.74, 6) is 0. The minimum absolute atomic E-state index is 0.426. The number of thiophene rings is 1. The van der Waals surface area contributed by atoms with E-state index >= 15 is 0 Å². The molecular formula is C5H5BNO2S+. The van der Waals surface area contributed by atoms with Gasteiger partial charge in [0.2, 0.25) is 4.88 Å². The lowest BCUT2D eigenvalue weighted by Crippen LogP contribution is -2.05. The molecule has 1 aromatic rings. The molecule has 0 saturated carbocycles. The van der Waals surface area contributed by atoms with E-state index in [0.29, 0.717) is 4.88 Å². The van der Waals surface area contributed by atoms with E-state index in [4.69, 9.17) is 15.3 Å². The van der Waals surface area contributed by atoms with Crippen LogP contribution < -0.4 is 0 Å². The number of hydrogen-bond acceptors (Lipinski definition) is 3. The van der Waals surface area contributed by atoms with Crippen LogP contribution in [-0.4, -0.2) is 16.4 Å². The summed E-state index contributed by atoms with van der Waals surface area (Å²) in [6.07, 6.45) is -1.43. The van der Waals surface area contributed by atoms with Crippen molar-refractivity contribution in [3.8, 4) is 6.07 Å². The molecular weight excluding hydrogens is 149 g/mol. The van der Waals surface area contributed by atoms with Crippen LogP contribution in [0.4, 0.5) is 0 Å². The molecule has 0 aliphatic carbocycles. The van der Waals surface area contributed by atoms with Gasteiger partial charge in [0.05, 0.1) is 0 Å². The Balaban J connectivity index is 3.05. The SMILES string of the molecule is N#Cc1ccc[s+]1B(O)O. The molecule has 3 nitrogen and oxygen atoms in total. The van der Waals surface area contributed by atoms with Crippen LogP contribution in [0, 0.1) is 11.3 Å². The third-order valence-corrected chi connectivity index (χ3v) is 2.70. The summed E-state index contributed by atoms with van der Waals surface area (Å²) in [5.41, 5.74) is 0. The van der Waals surface area contributed by atoms with Gasteiger partial charge in [0, 0.05) is 6.07 Å². The first-order valence-corrected chi connectivity index (χ1v) is 3.97. The van der Waals surface area contributed by atoms with E-state index in [9.17, 15) is 0 Å². The highest BCUT2D eigenvalue weighted by atomic mass is 32.2. The van der Waals surface area contributed by atoms with Gasteiger partial charge in [0.15, 0.2) is 6.07 Å². The van der Waals surface area contributed by atoms with E-state index in [2.05, 4.69) is 0 Å². The Bertz CT molecular complexity index is 265. The molecule has 1 atom stereocenters. The summed E-state index contributed by atoms with van der Waals surface area (Å²) in [7, 11) is -0.786. The second kappa shape index (κ2) is 2.84. The monoisotopic (exact) mass is 154 g/mol. The van der Waals surface area contributed by atoms with E-state index < -0.39 is 16.7 Å². The molecule has 0 aliphatic heterocycles. The van der Waals surface area contributed by atoms with Crippen molar-refractivity contribution in [3.05, 3.63) is 22.4 Å². The molecule has 0 bridgehead atoms. The summed E-state index contributed by atoms with van der Waals surface area (Å²) < 4.78 is 0. The van der Waals surface area contributed by atoms with Crippen molar-refractivity contribution >= 4 is 16.7 Å². The highest BCUT2D eigenvalue weighted by Gasteiger charge is 2.30. The van der Waals surface area contributed by atoms with Crippen molar-refractivity contribution in [3.63, 3.8) is 0 Å². The zero-order valence-electron chi connectivity index (χ0n) is 5.06. The largest absolute Gasteiger partial charge is 0.784 e. The van der Waals surface area contributed by atoms with Crippen molar-refractivity contribution in [2.45, 2.75) is 0 Å². The maximum absolute atomic E-state index is 8.68. The molecule has 10 heavy (non-hydrogen) atoms. The lowest BCUT2D eigenvalue weighted by atomic mass is 10.4. The van der Waals surface area contributed by atoms with Gasteiger partial charge in [-0.3, -0.25) is 0 Å². The Hall–Kier alpha value is -0.825. The summed E-state index contributed by atoms with van der Waals surface area (Å²) in [6.45, 7) is 0. The molecule has 50 valence electrons. The Morgan fingerprint density at radius 2 is 2.30 bits per heavy atom. The van der Waals surface area contributed by atoms with Gasteiger partial charge in [-0.05, 0) is 16.4 Å². The Morgan fingerprint density at radius 1 is 1.60 bits per heavy atom. The van der Waals surface area contributed by atoms with Crippen LogP contribution in [0.25, 0.3) is 0 Å². The lowest BCUT2D eigenvalue weighted by molar-refractivity contribution is 0.436. The maximum Gasteiger partial charge on any atom is 0.784 e. The van der Waals surface area contributed by atoms with Crippen LogP contribution in [0.5, 0.6) is 0 Å². The van der Waals surface area contributed by atoms with Gasteiger partial charge in [0.1, 0.15) is 5.38 Å². The summed E-state index contributed by atoms with van der Waals surface area (Å²) >= 11 is 0. The molecule has 0 aromatic carbocycles. The number of nitrogens with zero attached hydrogens (tertiary/aromatic N) is 1. The predicted molar refractivity (Wildman–Crippen MR) is 39.2 cm³/mol. The van der Waals surface area contributed by atoms with Crippen LogP contribution >= 0.6 is 10.3 Å². The van der Waals surface area contributed by atoms with Crippen molar-refractivity contribution in [2.24, 2.45) is 0 Å². The fraction of sp³-hybridized carbons (Fsp3) is 0. The van der Waals surface area contributed by atoms with Gasteiger partial charge >= 0.3 is 6.40 Å². The molecule has 0 fully saturated rings. The second-order valence-corrected chi connectivity index (χ2v) is 3.55. The van der Waals surface area contributed by atoms with Gasteiger partial charge < -0.3 is 10.0 Å². The van der Waals surface area contributed by atoms with Crippen molar-refractivity contribution < 1.29 is 10.0 Å². The average Bonchev–Trinajstić information content (AvgIpc) is 2.33. The van der Waals surface area contributed by atoms with Crippen LogP contribution in [0.1, 0.15) is 4.88 Å². The third-order valence-electron chi connectivity index (χ3n) is 1.06. The quantitative estimate of drug-likeness (QED) is 0.446. The highest BCUT2D eigenvalue weighted by molar-refractivity contribution is 7.66. The fourth-order valence-corrected chi connectivity index (χ4v) is 1.74. The fourth-order valence-electron chi connectivity index (χ4n) is 0.637. The van der Waals surface area contributed by atoms with Crippen LogP contribution in [-0.2, 0) is 0 Å². The Kier molecular flexibility index (Phi) is 2.07. The van der Waals surface area contributed by atoms with Gasteiger partial charge in [-0.25, -0.2) is 0 Å². The van der Waals surface area contributed by atoms with E-state index in [1.165, 1.54) is 0 Å². The topological polar surface area (TPSA) is 64.2 Å². The van der Waals surface area contributed by atoms with Crippen LogP contribution in [0.3, 0.4) is 0 Å². The Morgan fingerprint density at radius 3 is 2.70 bits per heavy atom. The van der Waals surface area contributed by atoms with Crippen LogP contribution in [0.2, 0.25) is 0 Å². The van der Waals surface area contributed by atoms with Gasteiger partial charge in [-0.2, -0.15) is 5.26 Å². The molecule has 5 heteroatoms. The van der Waals surface area contributed by atoms with Crippen LogP contribution in [0.15, 0.2) is 17.5 Å². The van der Waals surface area contributed by atoms with Gasteiger partial charge in [-0.1, -0.05) is 0 Å². The lowest BCUT2D eigenvalue weighted by Gasteiger charge is -1.81. The first-order valence-electron chi connectivity index (χ1n) is 2.62. The molecule has 0 spiro atoms. The van der Waals surface area contributed by atoms with Crippen molar-refractivity contribution in [1.82, 2.24) is 0 Å². The predicted octanol–water partition coefficient (Wildman–Crippen LogP) is 0.125. The van der Waals surface area contributed by atoms with E-state index in [1.807, 2.05) is 6.07 Å². The maximum atomic E-state index is 8.68. The molecule has 0 aliphatic rings. The molecule has 1 rings (SSSR count). The minimum Gasteiger partial charge on any atom is -0.373 e. The van der Waals surface area contributed by atoms with E-state index in [-0.39, 0.29) is 0 Å². The highest BCUT2D eigenvalue weighted by Crippen LogP contribution is 2.23. The first kappa shape index (κ1) is 7.28. The first-order chi connectivity index (χ1) is 4.75. The number of hydrogen-bond donors (Lipinski definition) is 2. The minimum atomic E-state index is -1.43. The smallest absolute Gasteiger partial charge is 0.373 e. The van der Waals surface area contributed by atoms with E-state index in [1.54, 1.807) is 17.5 Å². The zero-order valence-corrected chi connectivity index (χ0v) is 5.88. The molecule has 0 saturated heterocycles. The van der Waals surface area contributed by atoms with Gasteiger partial charge in [-0.15, -0.1) is 0 Å². The average molecular weight is 154 g/mol. The van der Waals surface area contributed by atoms with E-state index in [0.717, 1.165) is 0 Å². The molecule has 1 aromatic heterocycles. The third kappa shape index (κ3) is 1.19. The number of rotatable bonds is 1. The summed E-state index contributed by atoms with van der Waals surface area (Å²) in [4.78, 5) is 0.426. The molecule has 1 unspecified atom stereocenters. The second-order valence-electron chi connectivity index (χ2n) is 1.67. The molecule has 0 radical (unpaired) electrons. The molecule has 1 heterocycles. The Labute approximate surface area is 61.2 Å².